The fraction of sp³-hybridized carbons (Fsp3) is 0.743. The highest BCUT2D eigenvalue weighted by Crippen LogP contribution is 2.28. The maximum atomic E-state index is 14.6. The summed E-state index contributed by atoms with van der Waals surface area (Å²) >= 11 is 0. The maximum absolute atomic E-state index is 14.6. The second kappa shape index (κ2) is 17.5. The van der Waals surface area contributed by atoms with Crippen LogP contribution in [-0.2, 0) is 14.3 Å². The van der Waals surface area contributed by atoms with E-state index in [2.05, 4.69) is 24.5 Å². The molecule has 0 heterocycles. The lowest BCUT2D eigenvalue weighted by atomic mass is 9.93. The topological polar surface area (TPSA) is 87.7 Å². The van der Waals surface area contributed by atoms with Crippen molar-refractivity contribution in [3.05, 3.63) is 34.9 Å². The number of alkyl carbamates (subject to hydrolysis) is 1. The van der Waals surface area contributed by atoms with Gasteiger partial charge in [0.05, 0.1) is 0 Å². The van der Waals surface area contributed by atoms with Crippen LogP contribution in [0.5, 0.6) is 0 Å². The molecule has 1 aromatic rings. The quantitative estimate of drug-likeness (QED) is 0.205. The summed E-state index contributed by atoms with van der Waals surface area (Å²) in [5.41, 5.74) is 2.35. The number of carbonyl (C=O) groups is 3. The van der Waals surface area contributed by atoms with Gasteiger partial charge in [0.25, 0.3) is 0 Å². The van der Waals surface area contributed by atoms with Crippen molar-refractivity contribution < 1.29 is 19.1 Å². The zero-order valence-electron chi connectivity index (χ0n) is 27.8. The third-order valence-electron chi connectivity index (χ3n) is 8.55. The van der Waals surface area contributed by atoms with Gasteiger partial charge in [0, 0.05) is 12.6 Å². The summed E-state index contributed by atoms with van der Waals surface area (Å²) in [6, 6.07) is 4.60. The van der Waals surface area contributed by atoms with Gasteiger partial charge in [-0.25, -0.2) is 4.79 Å². The first-order valence-corrected chi connectivity index (χ1v) is 16.5. The molecule has 42 heavy (non-hydrogen) atoms. The minimum absolute atomic E-state index is 0.122. The van der Waals surface area contributed by atoms with Crippen LogP contribution in [0.3, 0.4) is 0 Å². The fourth-order valence-corrected chi connectivity index (χ4v) is 5.66. The van der Waals surface area contributed by atoms with Crippen LogP contribution in [-0.4, -0.2) is 47.0 Å². The number of nitrogens with zero attached hydrogens (tertiary/aromatic N) is 1. The molecule has 3 atom stereocenters. The van der Waals surface area contributed by atoms with E-state index < -0.39 is 23.8 Å². The number of benzene rings is 1. The molecule has 3 amide bonds. The van der Waals surface area contributed by atoms with Gasteiger partial charge in [-0.1, -0.05) is 96.8 Å². The Morgan fingerprint density at radius 3 is 2.19 bits per heavy atom. The zero-order valence-corrected chi connectivity index (χ0v) is 27.8. The van der Waals surface area contributed by atoms with Crippen LogP contribution in [0.25, 0.3) is 0 Å². The Morgan fingerprint density at radius 1 is 0.952 bits per heavy atom. The van der Waals surface area contributed by atoms with E-state index in [9.17, 15) is 14.4 Å². The largest absolute Gasteiger partial charge is 0.444 e. The molecule has 0 bridgehead atoms. The van der Waals surface area contributed by atoms with E-state index in [1.807, 2.05) is 59.7 Å². The molecule has 1 aliphatic rings. The van der Waals surface area contributed by atoms with Crippen molar-refractivity contribution in [2.24, 2.45) is 5.92 Å². The summed E-state index contributed by atoms with van der Waals surface area (Å²) in [6.45, 7) is 16.1. The van der Waals surface area contributed by atoms with Gasteiger partial charge in [0.2, 0.25) is 11.8 Å². The average Bonchev–Trinajstić information content (AvgIpc) is 2.93. The number of aryl methyl sites for hydroxylation is 2. The number of ether oxygens (including phenoxy) is 1. The van der Waals surface area contributed by atoms with Crippen molar-refractivity contribution in [2.75, 3.05) is 6.54 Å². The number of amides is 3. The number of nitrogens with one attached hydrogen (secondary N) is 2. The highest BCUT2D eigenvalue weighted by atomic mass is 16.6. The van der Waals surface area contributed by atoms with Gasteiger partial charge in [-0.3, -0.25) is 9.59 Å². The van der Waals surface area contributed by atoms with Gasteiger partial charge < -0.3 is 20.3 Å². The van der Waals surface area contributed by atoms with Crippen molar-refractivity contribution >= 4 is 17.9 Å². The molecule has 0 aliphatic heterocycles. The SMILES string of the molecule is CCCCCCCCN(C(=O)C(NC(=O)OC(C)(C)C)C(C)CC)C(C(=O)NC1CCCCC1)c1ccc(C)c(C)c1. The van der Waals surface area contributed by atoms with Gasteiger partial charge >= 0.3 is 6.09 Å². The van der Waals surface area contributed by atoms with Crippen LogP contribution in [0.2, 0.25) is 0 Å². The Labute approximate surface area is 255 Å². The third-order valence-corrected chi connectivity index (χ3v) is 8.55. The van der Waals surface area contributed by atoms with Crippen molar-refractivity contribution in [3.8, 4) is 0 Å². The fourth-order valence-electron chi connectivity index (χ4n) is 5.66. The molecule has 1 saturated carbocycles. The summed E-state index contributed by atoms with van der Waals surface area (Å²) < 4.78 is 5.55. The zero-order chi connectivity index (χ0) is 31.3. The maximum Gasteiger partial charge on any atom is 0.408 e. The van der Waals surface area contributed by atoms with E-state index in [0.29, 0.717) is 13.0 Å². The first-order chi connectivity index (χ1) is 19.9. The molecule has 0 aromatic heterocycles. The molecule has 1 aliphatic carbocycles. The molecule has 2 N–H and O–H groups in total. The van der Waals surface area contributed by atoms with Crippen molar-refractivity contribution in [3.63, 3.8) is 0 Å². The van der Waals surface area contributed by atoms with Crippen molar-refractivity contribution in [2.45, 2.75) is 156 Å². The summed E-state index contributed by atoms with van der Waals surface area (Å²) in [6.07, 6.45) is 11.9. The normalized spacial score (nSPS) is 16.3. The smallest absolute Gasteiger partial charge is 0.408 e. The minimum Gasteiger partial charge on any atom is -0.444 e. The third kappa shape index (κ3) is 11.6. The molecular weight excluding hydrogens is 526 g/mol. The van der Waals surface area contributed by atoms with E-state index in [1.54, 1.807) is 4.90 Å². The van der Waals surface area contributed by atoms with Crippen LogP contribution in [0.1, 0.15) is 141 Å². The van der Waals surface area contributed by atoms with Crippen molar-refractivity contribution in [1.29, 1.82) is 0 Å². The predicted octanol–water partition coefficient (Wildman–Crippen LogP) is 7.92. The van der Waals surface area contributed by atoms with E-state index in [0.717, 1.165) is 61.6 Å². The van der Waals surface area contributed by atoms with E-state index in [1.165, 1.54) is 25.7 Å². The van der Waals surface area contributed by atoms with Gasteiger partial charge in [-0.05, 0) is 76.5 Å². The first-order valence-electron chi connectivity index (χ1n) is 16.5. The second-order valence-electron chi connectivity index (χ2n) is 13.4. The number of carbonyl (C=O) groups excluding carboxylic acids is 3. The molecule has 2 rings (SSSR count). The summed E-state index contributed by atoms with van der Waals surface area (Å²) in [5.74, 6) is -0.505. The molecule has 0 radical (unpaired) electrons. The standard InChI is InChI=1S/C35H59N3O4/c1-9-11-12-13-14-18-23-38(33(40)30(25(3)10-2)37-34(41)42-35(6,7)8)31(28-22-21-26(4)27(5)24-28)32(39)36-29-19-16-15-17-20-29/h21-22,24-25,29-31H,9-20,23H2,1-8H3,(H,36,39)(H,37,41). The van der Waals surface area contributed by atoms with Gasteiger partial charge in [-0.2, -0.15) is 0 Å². The Hall–Kier alpha value is -2.57. The Balaban J connectivity index is 2.49. The number of hydrogen-bond acceptors (Lipinski definition) is 4. The molecule has 7 nitrogen and oxygen atoms in total. The van der Waals surface area contributed by atoms with E-state index >= 15 is 0 Å². The number of hydrogen-bond donors (Lipinski definition) is 2. The molecule has 7 heteroatoms. The molecule has 1 fully saturated rings. The lowest BCUT2D eigenvalue weighted by molar-refractivity contribution is -0.144. The highest BCUT2D eigenvalue weighted by molar-refractivity contribution is 5.92. The van der Waals surface area contributed by atoms with Crippen LogP contribution in [0.4, 0.5) is 4.79 Å². The summed E-state index contributed by atoms with van der Waals surface area (Å²) in [7, 11) is 0. The Kier molecular flexibility index (Phi) is 14.9. The highest BCUT2D eigenvalue weighted by Gasteiger charge is 2.38. The van der Waals surface area contributed by atoms with Crippen LogP contribution in [0.15, 0.2) is 18.2 Å². The van der Waals surface area contributed by atoms with Gasteiger partial charge in [0.15, 0.2) is 0 Å². The molecule has 0 saturated heterocycles. The summed E-state index contributed by atoms with van der Waals surface area (Å²) in [5, 5.41) is 6.20. The van der Waals surface area contributed by atoms with Crippen molar-refractivity contribution in [1.82, 2.24) is 15.5 Å². The lowest BCUT2D eigenvalue weighted by Gasteiger charge is -2.37. The lowest BCUT2D eigenvalue weighted by Crippen LogP contribution is -2.56. The Bertz CT molecular complexity index is 996. The van der Waals surface area contributed by atoms with Crippen LogP contribution in [0, 0.1) is 19.8 Å². The molecule has 3 unspecified atom stereocenters. The monoisotopic (exact) mass is 585 g/mol. The molecule has 0 spiro atoms. The van der Waals surface area contributed by atoms with E-state index in [4.69, 9.17) is 4.74 Å². The second-order valence-corrected chi connectivity index (χ2v) is 13.4. The van der Waals surface area contributed by atoms with Gasteiger partial charge in [-0.15, -0.1) is 0 Å². The molecular formula is C35H59N3O4. The number of rotatable bonds is 15. The predicted molar refractivity (Wildman–Crippen MR) is 171 cm³/mol. The van der Waals surface area contributed by atoms with Crippen LogP contribution < -0.4 is 10.6 Å². The van der Waals surface area contributed by atoms with E-state index in [-0.39, 0.29) is 23.8 Å². The average molecular weight is 586 g/mol. The molecule has 238 valence electrons. The number of unbranched alkanes of at least 4 members (excludes halogenated alkanes) is 5. The van der Waals surface area contributed by atoms with Crippen LogP contribution >= 0.6 is 0 Å². The molecule has 1 aromatic carbocycles. The first kappa shape index (κ1) is 35.6. The summed E-state index contributed by atoms with van der Waals surface area (Å²) in [4.78, 5) is 43.4. The van der Waals surface area contributed by atoms with Gasteiger partial charge in [0.1, 0.15) is 17.7 Å². The minimum atomic E-state index is -0.804. The Morgan fingerprint density at radius 2 is 1.60 bits per heavy atom.